The Morgan fingerprint density at radius 1 is 1.26 bits per heavy atom. The maximum absolute atomic E-state index is 12.3. The van der Waals surface area contributed by atoms with Gasteiger partial charge in [0.2, 0.25) is 0 Å². The molecule has 0 aliphatic rings. The van der Waals surface area contributed by atoms with Crippen molar-refractivity contribution in [3.63, 3.8) is 0 Å². The number of carbonyl (C=O) groups is 1. The third-order valence-electron chi connectivity index (χ3n) is 3.30. The lowest BCUT2D eigenvalue weighted by Crippen LogP contribution is -2.11. The Labute approximate surface area is 135 Å². The van der Waals surface area contributed by atoms with E-state index in [2.05, 4.69) is 5.73 Å². The summed E-state index contributed by atoms with van der Waals surface area (Å²) in [5.41, 5.74) is 3.29. The lowest BCUT2D eigenvalue weighted by atomic mass is 10.0. The Morgan fingerprint density at radius 3 is 2.61 bits per heavy atom. The normalized spacial score (nSPS) is 11.2. The molecule has 23 heavy (non-hydrogen) atoms. The minimum Gasteiger partial charge on any atom is -0.507 e. The lowest BCUT2D eigenvalue weighted by Gasteiger charge is -2.14. The van der Waals surface area contributed by atoms with E-state index in [4.69, 9.17) is 9.84 Å². The van der Waals surface area contributed by atoms with Gasteiger partial charge in [-0.3, -0.25) is 4.79 Å². The van der Waals surface area contributed by atoms with Crippen molar-refractivity contribution in [1.82, 2.24) is 0 Å². The highest BCUT2D eigenvalue weighted by Crippen LogP contribution is 2.26. The van der Waals surface area contributed by atoms with E-state index in [0.29, 0.717) is 17.7 Å². The summed E-state index contributed by atoms with van der Waals surface area (Å²) >= 11 is 0. The molecule has 0 aromatic heterocycles. The molecule has 0 spiro atoms. The van der Waals surface area contributed by atoms with E-state index in [1.165, 1.54) is 12.1 Å². The van der Waals surface area contributed by atoms with E-state index >= 15 is 0 Å². The zero-order valence-electron chi connectivity index (χ0n) is 12.8. The highest BCUT2D eigenvalue weighted by Gasteiger charge is 2.14. The van der Waals surface area contributed by atoms with E-state index in [1.807, 2.05) is 13.0 Å². The predicted octanol–water partition coefficient (Wildman–Crippen LogP) is 4.01. The number of aromatic hydroxyl groups is 1. The predicted molar refractivity (Wildman–Crippen MR) is 88.0 cm³/mol. The van der Waals surface area contributed by atoms with Crippen LogP contribution in [0.25, 0.3) is 0 Å². The van der Waals surface area contributed by atoms with E-state index in [-0.39, 0.29) is 23.2 Å². The van der Waals surface area contributed by atoms with Crippen molar-refractivity contribution < 1.29 is 19.7 Å². The van der Waals surface area contributed by atoms with Crippen molar-refractivity contribution in [1.29, 1.82) is 0 Å². The summed E-state index contributed by atoms with van der Waals surface area (Å²) in [5.74, 6) is 0.0626. The van der Waals surface area contributed by atoms with E-state index < -0.39 is 0 Å². The fraction of sp³-hybridized carbons (Fsp3) is 0.158. The molecule has 0 saturated heterocycles. The molecule has 0 bridgehead atoms. The zero-order chi connectivity index (χ0) is 16.7. The maximum atomic E-state index is 12.3. The highest BCUT2D eigenvalue weighted by atomic mass is 16.5. The molecule has 1 unspecified atom stereocenters. The number of ketones is 1. The summed E-state index contributed by atoms with van der Waals surface area (Å²) in [6.07, 6.45) is 2.78. The largest absolute Gasteiger partial charge is 0.507 e. The summed E-state index contributed by atoms with van der Waals surface area (Å²) in [4.78, 5) is 12.3. The van der Waals surface area contributed by atoms with Crippen LogP contribution in [0.5, 0.6) is 11.5 Å². The number of phenolic OH excluding ortho intramolecular Hbond substituents is 1. The number of ether oxygens (including phenoxy) is 1. The Hall–Kier alpha value is -2.97. The number of phenols is 1. The van der Waals surface area contributed by atoms with Gasteiger partial charge in [-0.05, 0) is 18.6 Å². The molecule has 0 aliphatic heterocycles. The minimum absolute atomic E-state index is 0.132. The summed E-state index contributed by atoms with van der Waals surface area (Å²) in [6.45, 7) is 1.92. The van der Waals surface area contributed by atoms with Gasteiger partial charge in [-0.1, -0.05) is 43.0 Å². The van der Waals surface area contributed by atoms with Gasteiger partial charge < -0.3 is 14.9 Å². The molecule has 0 saturated carbocycles. The van der Waals surface area contributed by atoms with Crippen LogP contribution in [0.15, 0.2) is 66.6 Å². The monoisotopic (exact) mass is 310 g/mol. The molecule has 2 aromatic carbocycles. The highest BCUT2D eigenvalue weighted by molar-refractivity contribution is 6.10. The second kappa shape index (κ2) is 7.87. The van der Waals surface area contributed by atoms with E-state index in [9.17, 15) is 9.90 Å². The smallest absolute Gasteiger partial charge is 0.196 e. The second-order valence-electron chi connectivity index (χ2n) is 4.90. The molecule has 0 radical (unpaired) electrons. The van der Waals surface area contributed by atoms with Crippen LogP contribution in [0.2, 0.25) is 0 Å². The van der Waals surface area contributed by atoms with Gasteiger partial charge in [0, 0.05) is 17.7 Å². The van der Waals surface area contributed by atoms with Gasteiger partial charge in [-0.25, -0.2) is 0 Å². The topological polar surface area (TPSA) is 66.8 Å². The van der Waals surface area contributed by atoms with Crippen LogP contribution in [-0.2, 0) is 0 Å². The Morgan fingerprint density at radius 2 is 2.00 bits per heavy atom. The number of rotatable bonds is 6. The van der Waals surface area contributed by atoms with Crippen molar-refractivity contribution in [2.24, 2.45) is 0 Å². The molecule has 4 nitrogen and oxygen atoms in total. The SMILES string of the molecule is CCC(C=C=CO)Oc1ccc(C(=O)c2ccccc2)c(O)c1. The molecule has 2 aromatic rings. The summed E-state index contributed by atoms with van der Waals surface area (Å²) in [7, 11) is 0. The number of benzene rings is 2. The quantitative estimate of drug-likeness (QED) is 0.480. The molecule has 0 fully saturated rings. The van der Waals surface area contributed by atoms with Crippen molar-refractivity contribution in [2.75, 3.05) is 0 Å². The lowest BCUT2D eigenvalue weighted by molar-refractivity contribution is 0.103. The first kappa shape index (κ1) is 16.4. The van der Waals surface area contributed by atoms with Crippen molar-refractivity contribution in [2.45, 2.75) is 19.4 Å². The zero-order valence-corrected chi connectivity index (χ0v) is 12.8. The molecule has 4 heteroatoms. The van der Waals surface area contributed by atoms with Gasteiger partial charge in [0.1, 0.15) is 23.9 Å². The Balaban J connectivity index is 2.21. The molecular formula is C19H18O4. The van der Waals surface area contributed by atoms with Crippen LogP contribution in [0, 0.1) is 0 Å². The second-order valence-corrected chi connectivity index (χ2v) is 4.90. The molecule has 0 aliphatic carbocycles. The number of aliphatic hydroxyl groups is 1. The molecule has 2 rings (SSSR count). The van der Waals surface area contributed by atoms with Gasteiger partial charge in [-0.2, -0.15) is 0 Å². The molecule has 0 amide bonds. The summed E-state index contributed by atoms with van der Waals surface area (Å²) in [5, 5.41) is 18.7. The van der Waals surface area contributed by atoms with Gasteiger partial charge in [0.25, 0.3) is 0 Å². The maximum Gasteiger partial charge on any atom is 0.196 e. The third-order valence-corrected chi connectivity index (χ3v) is 3.30. The average molecular weight is 310 g/mol. The van der Waals surface area contributed by atoms with Gasteiger partial charge in [0.05, 0.1) is 5.56 Å². The number of hydrogen-bond donors (Lipinski definition) is 2. The van der Waals surface area contributed by atoms with Crippen LogP contribution >= 0.6 is 0 Å². The van der Waals surface area contributed by atoms with Crippen LogP contribution in [-0.4, -0.2) is 22.1 Å². The van der Waals surface area contributed by atoms with Crippen molar-refractivity contribution >= 4 is 5.78 Å². The number of carbonyl (C=O) groups excluding carboxylic acids is 1. The summed E-state index contributed by atoms with van der Waals surface area (Å²) < 4.78 is 5.67. The van der Waals surface area contributed by atoms with Gasteiger partial charge >= 0.3 is 0 Å². The van der Waals surface area contributed by atoms with E-state index in [0.717, 1.165) is 6.26 Å². The fourth-order valence-electron chi connectivity index (χ4n) is 2.08. The fourth-order valence-corrected chi connectivity index (χ4v) is 2.08. The first-order valence-corrected chi connectivity index (χ1v) is 7.30. The van der Waals surface area contributed by atoms with Crippen LogP contribution < -0.4 is 4.74 Å². The van der Waals surface area contributed by atoms with Crippen LogP contribution in [0.1, 0.15) is 29.3 Å². The van der Waals surface area contributed by atoms with Gasteiger partial charge in [0.15, 0.2) is 5.78 Å². The van der Waals surface area contributed by atoms with Crippen LogP contribution in [0.3, 0.4) is 0 Å². The standard InChI is InChI=1S/C19H18O4/c1-2-15(9-6-12-20)23-16-10-11-17(18(21)13-16)19(22)14-7-4-3-5-8-14/h3-5,7-13,15,20-21H,2H2,1H3. The molecule has 0 heterocycles. The summed E-state index contributed by atoms with van der Waals surface area (Å²) in [6, 6.07) is 13.4. The Bertz CT molecular complexity index is 728. The van der Waals surface area contributed by atoms with Crippen molar-refractivity contribution in [3.8, 4) is 11.5 Å². The number of aliphatic hydroxyl groups excluding tert-OH is 1. The molecule has 118 valence electrons. The van der Waals surface area contributed by atoms with E-state index in [1.54, 1.807) is 36.4 Å². The minimum atomic E-state index is -0.284. The third kappa shape index (κ3) is 4.25. The molecular weight excluding hydrogens is 292 g/mol. The molecule has 2 N–H and O–H groups in total. The first-order chi connectivity index (χ1) is 11.2. The first-order valence-electron chi connectivity index (χ1n) is 7.30. The number of hydrogen-bond acceptors (Lipinski definition) is 4. The Kier molecular flexibility index (Phi) is 5.61. The average Bonchev–Trinajstić information content (AvgIpc) is 2.59. The molecule has 1 atom stereocenters. The van der Waals surface area contributed by atoms with Crippen LogP contribution in [0.4, 0.5) is 0 Å². The van der Waals surface area contributed by atoms with Crippen molar-refractivity contribution in [3.05, 3.63) is 77.7 Å². The van der Waals surface area contributed by atoms with Gasteiger partial charge in [-0.15, -0.1) is 0 Å².